The van der Waals surface area contributed by atoms with Gasteiger partial charge >= 0.3 is 5.97 Å². The SMILES string of the molecule is C=C(C)C(=O)N[C@@H](Cc1cnc[nH]1)C(=O)OC. The van der Waals surface area contributed by atoms with Gasteiger partial charge in [-0.2, -0.15) is 0 Å². The van der Waals surface area contributed by atoms with Crippen LogP contribution in [0.25, 0.3) is 0 Å². The van der Waals surface area contributed by atoms with Crippen molar-refractivity contribution in [2.24, 2.45) is 0 Å². The van der Waals surface area contributed by atoms with Gasteiger partial charge in [-0.05, 0) is 6.92 Å². The summed E-state index contributed by atoms with van der Waals surface area (Å²) in [5, 5.41) is 2.54. The number of imidazole rings is 1. The van der Waals surface area contributed by atoms with Gasteiger partial charge in [-0.25, -0.2) is 9.78 Å². The summed E-state index contributed by atoms with van der Waals surface area (Å²) in [5.74, 6) is -0.880. The first kappa shape index (κ1) is 13.0. The molecule has 92 valence electrons. The predicted molar refractivity (Wildman–Crippen MR) is 61.1 cm³/mol. The molecule has 1 rings (SSSR count). The lowest BCUT2D eigenvalue weighted by molar-refractivity contribution is -0.144. The van der Waals surface area contributed by atoms with Crippen molar-refractivity contribution in [3.63, 3.8) is 0 Å². The fourth-order valence-electron chi connectivity index (χ4n) is 1.23. The van der Waals surface area contributed by atoms with Gasteiger partial charge in [0.1, 0.15) is 6.04 Å². The summed E-state index contributed by atoms with van der Waals surface area (Å²) in [7, 11) is 1.27. The van der Waals surface area contributed by atoms with Crippen molar-refractivity contribution >= 4 is 11.9 Å². The Bertz CT molecular complexity index is 412. The zero-order chi connectivity index (χ0) is 12.8. The summed E-state index contributed by atoms with van der Waals surface area (Å²) in [6.45, 7) is 5.08. The normalized spacial score (nSPS) is 11.6. The van der Waals surface area contributed by atoms with E-state index in [-0.39, 0.29) is 5.91 Å². The number of amides is 1. The lowest BCUT2D eigenvalue weighted by Gasteiger charge is -2.15. The second kappa shape index (κ2) is 5.83. The quantitative estimate of drug-likeness (QED) is 0.565. The molecule has 1 aromatic heterocycles. The number of rotatable bonds is 5. The molecule has 0 aliphatic carbocycles. The Hall–Kier alpha value is -2.11. The Morgan fingerprint density at radius 1 is 1.65 bits per heavy atom. The van der Waals surface area contributed by atoms with E-state index in [4.69, 9.17) is 0 Å². The first-order valence-electron chi connectivity index (χ1n) is 5.06. The lowest BCUT2D eigenvalue weighted by atomic mass is 10.1. The smallest absolute Gasteiger partial charge is 0.328 e. The van der Waals surface area contributed by atoms with Crippen LogP contribution in [0.4, 0.5) is 0 Å². The maximum absolute atomic E-state index is 11.5. The summed E-state index contributed by atoms with van der Waals surface area (Å²) in [5.41, 5.74) is 1.07. The number of nitrogens with one attached hydrogen (secondary N) is 2. The van der Waals surface area contributed by atoms with E-state index in [2.05, 4.69) is 26.6 Å². The Labute approximate surface area is 99.1 Å². The van der Waals surface area contributed by atoms with Gasteiger partial charge in [-0.3, -0.25) is 4.79 Å². The van der Waals surface area contributed by atoms with Crippen molar-refractivity contribution in [1.29, 1.82) is 0 Å². The number of carbonyl (C=O) groups is 2. The number of aromatic nitrogens is 2. The van der Waals surface area contributed by atoms with E-state index in [0.29, 0.717) is 12.0 Å². The number of aromatic amines is 1. The number of esters is 1. The minimum absolute atomic E-state index is 0.297. The van der Waals surface area contributed by atoms with Crippen LogP contribution in [-0.2, 0) is 20.7 Å². The van der Waals surface area contributed by atoms with E-state index in [0.717, 1.165) is 5.69 Å². The van der Waals surface area contributed by atoms with Crippen LogP contribution in [0, 0.1) is 0 Å². The van der Waals surface area contributed by atoms with Gasteiger partial charge in [0.05, 0.1) is 13.4 Å². The number of hydrogen-bond acceptors (Lipinski definition) is 4. The van der Waals surface area contributed by atoms with Crippen LogP contribution in [0.15, 0.2) is 24.7 Å². The lowest BCUT2D eigenvalue weighted by Crippen LogP contribution is -2.43. The largest absolute Gasteiger partial charge is 0.467 e. The average Bonchev–Trinajstić information content (AvgIpc) is 2.79. The second-order valence-electron chi connectivity index (χ2n) is 3.61. The summed E-state index contributed by atoms with van der Waals surface area (Å²) >= 11 is 0. The Morgan fingerprint density at radius 3 is 2.82 bits per heavy atom. The molecule has 0 aliphatic rings. The molecule has 0 radical (unpaired) electrons. The Morgan fingerprint density at radius 2 is 2.35 bits per heavy atom. The van der Waals surface area contributed by atoms with Crippen LogP contribution in [0.5, 0.6) is 0 Å². The maximum atomic E-state index is 11.5. The standard InChI is InChI=1S/C11H15N3O3/c1-7(2)10(15)14-9(11(16)17-3)4-8-5-12-6-13-8/h5-6,9H,1,4H2,2-3H3,(H,12,13)(H,14,15)/t9-/m0/s1. The highest BCUT2D eigenvalue weighted by Gasteiger charge is 2.22. The zero-order valence-corrected chi connectivity index (χ0v) is 9.82. The third-order valence-corrected chi connectivity index (χ3v) is 2.16. The van der Waals surface area contributed by atoms with E-state index in [1.807, 2.05) is 0 Å². The molecule has 1 atom stereocenters. The third-order valence-electron chi connectivity index (χ3n) is 2.16. The summed E-state index contributed by atoms with van der Waals surface area (Å²) in [6.07, 6.45) is 3.39. The molecule has 1 aromatic rings. The van der Waals surface area contributed by atoms with Crippen LogP contribution >= 0.6 is 0 Å². The van der Waals surface area contributed by atoms with E-state index in [9.17, 15) is 9.59 Å². The van der Waals surface area contributed by atoms with Crippen LogP contribution in [0.2, 0.25) is 0 Å². The Kier molecular flexibility index (Phi) is 4.45. The molecule has 2 N–H and O–H groups in total. The average molecular weight is 237 g/mol. The van der Waals surface area contributed by atoms with Gasteiger partial charge in [-0.15, -0.1) is 0 Å². The minimum atomic E-state index is -0.746. The first-order chi connectivity index (χ1) is 8.04. The number of carbonyl (C=O) groups excluding carboxylic acids is 2. The molecule has 0 bridgehead atoms. The molecular formula is C11H15N3O3. The topological polar surface area (TPSA) is 84.1 Å². The van der Waals surface area contributed by atoms with Crippen molar-refractivity contribution in [1.82, 2.24) is 15.3 Å². The van der Waals surface area contributed by atoms with Crippen molar-refractivity contribution < 1.29 is 14.3 Å². The molecule has 6 nitrogen and oxygen atoms in total. The van der Waals surface area contributed by atoms with Crippen molar-refractivity contribution in [3.8, 4) is 0 Å². The molecular weight excluding hydrogens is 222 g/mol. The molecule has 6 heteroatoms. The second-order valence-corrected chi connectivity index (χ2v) is 3.61. The monoisotopic (exact) mass is 237 g/mol. The third kappa shape index (κ3) is 3.75. The van der Waals surface area contributed by atoms with Gasteiger partial charge in [-0.1, -0.05) is 6.58 Å². The van der Waals surface area contributed by atoms with Gasteiger partial charge in [0, 0.05) is 23.9 Å². The fraction of sp³-hybridized carbons (Fsp3) is 0.364. The summed E-state index contributed by atoms with van der Waals surface area (Å²) in [6, 6.07) is -0.746. The summed E-state index contributed by atoms with van der Waals surface area (Å²) < 4.78 is 4.62. The van der Waals surface area contributed by atoms with Gasteiger partial charge in [0.2, 0.25) is 5.91 Å². The maximum Gasteiger partial charge on any atom is 0.328 e. The van der Waals surface area contributed by atoms with E-state index in [1.54, 1.807) is 13.1 Å². The fourth-order valence-corrected chi connectivity index (χ4v) is 1.23. The van der Waals surface area contributed by atoms with E-state index >= 15 is 0 Å². The number of ether oxygens (including phenoxy) is 1. The van der Waals surface area contributed by atoms with Crippen LogP contribution in [-0.4, -0.2) is 35.0 Å². The molecule has 0 aliphatic heterocycles. The molecule has 0 saturated heterocycles. The first-order valence-corrected chi connectivity index (χ1v) is 5.06. The Balaban J connectivity index is 2.70. The summed E-state index contributed by atoms with van der Waals surface area (Å²) in [4.78, 5) is 29.6. The van der Waals surface area contributed by atoms with E-state index < -0.39 is 12.0 Å². The molecule has 0 saturated carbocycles. The van der Waals surface area contributed by atoms with Crippen LogP contribution in [0.3, 0.4) is 0 Å². The molecule has 17 heavy (non-hydrogen) atoms. The highest BCUT2D eigenvalue weighted by atomic mass is 16.5. The molecule has 1 amide bonds. The van der Waals surface area contributed by atoms with Crippen molar-refractivity contribution in [3.05, 3.63) is 30.4 Å². The van der Waals surface area contributed by atoms with Gasteiger partial charge < -0.3 is 15.0 Å². The zero-order valence-electron chi connectivity index (χ0n) is 9.82. The predicted octanol–water partition coefficient (Wildman–Crippen LogP) is 0.186. The molecule has 0 spiro atoms. The van der Waals surface area contributed by atoms with Crippen molar-refractivity contribution in [2.75, 3.05) is 7.11 Å². The highest BCUT2D eigenvalue weighted by Crippen LogP contribution is 2.01. The number of methoxy groups -OCH3 is 1. The minimum Gasteiger partial charge on any atom is -0.467 e. The molecule has 0 fully saturated rings. The van der Waals surface area contributed by atoms with Crippen LogP contribution < -0.4 is 5.32 Å². The number of hydrogen-bond donors (Lipinski definition) is 2. The van der Waals surface area contributed by atoms with Crippen molar-refractivity contribution in [2.45, 2.75) is 19.4 Å². The molecule has 0 aromatic carbocycles. The molecule has 1 heterocycles. The number of nitrogens with zero attached hydrogens (tertiary/aromatic N) is 1. The number of H-pyrrole nitrogens is 1. The van der Waals surface area contributed by atoms with Crippen LogP contribution in [0.1, 0.15) is 12.6 Å². The van der Waals surface area contributed by atoms with Gasteiger partial charge in [0.25, 0.3) is 0 Å². The highest BCUT2D eigenvalue weighted by molar-refractivity contribution is 5.95. The molecule has 0 unspecified atom stereocenters. The van der Waals surface area contributed by atoms with Gasteiger partial charge in [0.15, 0.2) is 0 Å². The van der Waals surface area contributed by atoms with E-state index in [1.165, 1.54) is 13.4 Å².